The van der Waals surface area contributed by atoms with Crippen LogP contribution in [0.3, 0.4) is 0 Å². The molecule has 37 heavy (non-hydrogen) atoms. The van der Waals surface area contributed by atoms with E-state index in [1.807, 2.05) is 30.7 Å². The molecule has 1 amide bonds. The minimum Gasteiger partial charge on any atom is -0.504 e. The maximum atomic E-state index is 13.2. The van der Waals surface area contributed by atoms with E-state index in [0.29, 0.717) is 27.9 Å². The van der Waals surface area contributed by atoms with Gasteiger partial charge in [-0.05, 0) is 78.7 Å². The summed E-state index contributed by atoms with van der Waals surface area (Å²) in [5, 5.41) is 21.5. The fourth-order valence-corrected chi connectivity index (χ4v) is 5.10. The van der Waals surface area contributed by atoms with E-state index in [2.05, 4.69) is 16.0 Å². The number of benzene rings is 1. The van der Waals surface area contributed by atoms with Crippen molar-refractivity contribution >= 4 is 40.5 Å². The number of rotatable bonds is 10. The number of furan rings is 2. The highest BCUT2D eigenvalue weighted by molar-refractivity contribution is 8.01. The van der Waals surface area contributed by atoms with Crippen LogP contribution in [0, 0.1) is 12.7 Å². The molecule has 0 saturated carbocycles. The van der Waals surface area contributed by atoms with E-state index < -0.39 is 5.91 Å². The molecule has 1 aromatic carbocycles. The van der Waals surface area contributed by atoms with E-state index in [9.17, 15) is 14.3 Å². The number of aryl methyl sites for hydroxylation is 1. The predicted molar refractivity (Wildman–Crippen MR) is 147 cm³/mol. The Bertz CT molecular complexity index is 1420. The van der Waals surface area contributed by atoms with Crippen molar-refractivity contribution in [3.63, 3.8) is 0 Å². The molecule has 192 valence electrons. The number of nitrogens with one attached hydrogen (secondary N) is 3. The van der Waals surface area contributed by atoms with Crippen LogP contribution in [0.4, 0.5) is 4.39 Å². The van der Waals surface area contributed by atoms with E-state index in [-0.39, 0.29) is 23.9 Å². The molecule has 0 atom stereocenters. The molecule has 0 fully saturated rings. The Labute approximate surface area is 222 Å². The van der Waals surface area contributed by atoms with Crippen molar-refractivity contribution < 1.29 is 23.1 Å². The first-order chi connectivity index (χ1) is 17.9. The monoisotopic (exact) mass is 539 g/mol. The van der Waals surface area contributed by atoms with Gasteiger partial charge in [0.2, 0.25) is 0 Å². The van der Waals surface area contributed by atoms with E-state index in [0.717, 1.165) is 16.0 Å². The minimum atomic E-state index is -0.477. The number of aliphatic hydroxyl groups is 1. The molecule has 7 nitrogen and oxygen atoms in total. The Hall–Kier alpha value is -3.89. The van der Waals surface area contributed by atoms with Crippen LogP contribution in [0.5, 0.6) is 0 Å². The van der Waals surface area contributed by atoms with Gasteiger partial charge >= 0.3 is 0 Å². The third-order valence-electron chi connectivity index (χ3n) is 5.37. The van der Waals surface area contributed by atoms with Crippen molar-refractivity contribution in [2.45, 2.75) is 6.92 Å². The van der Waals surface area contributed by atoms with Crippen molar-refractivity contribution in [3.8, 4) is 22.0 Å². The Morgan fingerprint density at radius 1 is 1.14 bits per heavy atom. The number of hydrogen-bond donors (Lipinski definition) is 4. The number of hydrogen-bond acceptors (Lipinski definition) is 8. The smallest absolute Gasteiger partial charge is 0.272 e. The summed E-state index contributed by atoms with van der Waals surface area (Å²) in [6.07, 6.45) is 3.50. The molecule has 4 aromatic rings. The summed E-state index contributed by atoms with van der Waals surface area (Å²) in [5.41, 5.74) is 2.29. The summed E-state index contributed by atoms with van der Waals surface area (Å²) < 4.78 is 24.6. The Kier molecular flexibility index (Phi) is 8.42. The number of carbonyl (C=O) groups is 1. The fourth-order valence-electron chi connectivity index (χ4n) is 3.58. The Balaban J connectivity index is 1.44. The van der Waals surface area contributed by atoms with Crippen LogP contribution in [-0.4, -0.2) is 31.0 Å². The maximum Gasteiger partial charge on any atom is 0.272 e. The lowest BCUT2D eigenvalue weighted by Crippen LogP contribution is -2.37. The molecule has 3 aromatic heterocycles. The number of amides is 1. The molecule has 10 heteroatoms. The van der Waals surface area contributed by atoms with Crippen molar-refractivity contribution in [1.29, 1.82) is 0 Å². The fraction of sp³-hybridized carbons (Fsp3) is 0.148. The lowest BCUT2D eigenvalue weighted by atomic mass is 10.2. The third-order valence-corrected chi connectivity index (χ3v) is 7.10. The normalized spacial score (nSPS) is 12.3. The van der Waals surface area contributed by atoms with E-state index in [1.165, 1.54) is 35.2 Å². The van der Waals surface area contributed by atoms with Gasteiger partial charge in [0.1, 0.15) is 23.0 Å². The van der Waals surface area contributed by atoms with Crippen molar-refractivity contribution in [1.82, 2.24) is 16.0 Å². The highest BCUT2D eigenvalue weighted by atomic mass is 32.2. The summed E-state index contributed by atoms with van der Waals surface area (Å²) >= 11 is 2.81. The zero-order valence-corrected chi connectivity index (χ0v) is 22.1. The Morgan fingerprint density at radius 3 is 2.59 bits per heavy atom. The summed E-state index contributed by atoms with van der Waals surface area (Å²) in [4.78, 5) is 14.3. The van der Waals surface area contributed by atoms with Gasteiger partial charge in [-0.15, -0.1) is 23.1 Å². The molecule has 0 bridgehead atoms. The van der Waals surface area contributed by atoms with Gasteiger partial charge in [0.05, 0.1) is 28.4 Å². The number of thioether (sulfide) groups is 1. The summed E-state index contributed by atoms with van der Waals surface area (Å²) in [6, 6.07) is 15.2. The van der Waals surface area contributed by atoms with Crippen LogP contribution in [-0.2, 0) is 4.79 Å². The lowest BCUT2D eigenvalue weighted by molar-refractivity contribution is -0.117. The number of thiophene rings is 1. The highest BCUT2D eigenvalue weighted by Crippen LogP contribution is 2.35. The molecule has 0 saturated heterocycles. The van der Waals surface area contributed by atoms with Gasteiger partial charge in [-0.3, -0.25) is 4.79 Å². The number of carbonyl (C=O) groups excluding carboxylic acids is 1. The highest BCUT2D eigenvalue weighted by Gasteiger charge is 2.20. The van der Waals surface area contributed by atoms with Gasteiger partial charge in [-0.25, -0.2) is 4.39 Å². The first-order valence-electron chi connectivity index (χ1n) is 11.3. The topological polar surface area (TPSA) is 99.7 Å². The van der Waals surface area contributed by atoms with Crippen LogP contribution in [0.25, 0.3) is 33.4 Å². The van der Waals surface area contributed by atoms with Crippen molar-refractivity contribution in [2.24, 2.45) is 0 Å². The second kappa shape index (κ2) is 11.9. The molecule has 3 heterocycles. The Morgan fingerprint density at radius 2 is 1.92 bits per heavy atom. The standard InChI is InChI=1S/C27H26FN3O4S2/c1-16-13-23(22-5-4-12-34-22)37-26(16)25(32)24(29-2)27(33)31-15-30-19(14-36-3)21-11-10-20(35-21)17-6-8-18(28)9-7-17/h4-14,29-30,32H,15H2,1-3H3,(H,31,33)/b19-14-,25-24+. The van der Waals surface area contributed by atoms with Gasteiger partial charge in [-0.1, -0.05) is 0 Å². The van der Waals surface area contributed by atoms with E-state index >= 15 is 0 Å². The largest absolute Gasteiger partial charge is 0.504 e. The number of halogens is 1. The molecule has 0 spiro atoms. The quantitative estimate of drug-likeness (QED) is 0.108. The van der Waals surface area contributed by atoms with Gasteiger partial charge in [0.15, 0.2) is 11.5 Å². The van der Waals surface area contributed by atoms with Crippen LogP contribution in [0.15, 0.2) is 80.8 Å². The predicted octanol–water partition coefficient (Wildman–Crippen LogP) is 6.19. The van der Waals surface area contributed by atoms with Crippen LogP contribution in [0.1, 0.15) is 16.2 Å². The summed E-state index contributed by atoms with van der Waals surface area (Å²) in [5.74, 6) is 0.919. The second-order valence-electron chi connectivity index (χ2n) is 7.87. The zero-order valence-electron chi connectivity index (χ0n) is 20.4. The first-order valence-corrected chi connectivity index (χ1v) is 13.4. The minimum absolute atomic E-state index is 0.0461. The molecule has 0 aliphatic rings. The van der Waals surface area contributed by atoms with E-state index in [1.54, 1.807) is 43.6 Å². The average Bonchev–Trinajstić information content (AvgIpc) is 3.65. The van der Waals surface area contributed by atoms with Gasteiger partial charge in [0, 0.05) is 12.6 Å². The second-order valence-corrected chi connectivity index (χ2v) is 9.63. The SMILES string of the molecule is CN/C(C(=O)NCN/C(=C\SC)c1ccc(-c2ccc(F)cc2)o1)=C(/O)c1sc(-c2ccco2)cc1C. The van der Waals surface area contributed by atoms with Gasteiger partial charge in [-0.2, -0.15) is 0 Å². The first kappa shape index (κ1) is 26.2. The van der Waals surface area contributed by atoms with E-state index in [4.69, 9.17) is 8.83 Å². The van der Waals surface area contributed by atoms with Crippen LogP contribution < -0.4 is 16.0 Å². The average molecular weight is 540 g/mol. The van der Waals surface area contributed by atoms with Crippen molar-refractivity contribution in [2.75, 3.05) is 20.0 Å². The van der Waals surface area contributed by atoms with Gasteiger partial charge in [0.25, 0.3) is 5.91 Å². The van der Waals surface area contributed by atoms with Gasteiger partial charge < -0.3 is 29.9 Å². The molecule has 0 radical (unpaired) electrons. The molecule has 0 unspecified atom stereocenters. The summed E-state index contributed by atoms with van der Waals surface area (Å²) in [6.45, 7) is 1.95. The van der Waals surface area contributed by atoms with Crippen molar-refractivity contribution in [3.05, 3.63) is 94.0 Å². The van der Waals surface area contributed by atoms with Crippen LogP contribution in [0.2, 0.25) is 0 Å². The number of aliphatic hydroxyl groups excluding tert-OH is 1. The lowest BCUT2D eigenvalue weighted by Gasteiger charge is -2.13. The molecule has 4 rings (SSSR count). The molecular formula is C27H26FN3O4S2. The molecule has 0 aliphatic carbocycles. The zero-order chi connectivity index (χ0) is 26.4. The number of likely N-dealkylation sites (N-methyl/N-ethyl adjacent to an activating group) is 1. The molecular weight excluding hydrogens is 513 g/mol. The maximum absolute atomic E-state index is 13.2. The molecule has 4 N–H and O–H groups in total. The van der Waals surface area contributed by atoms with Crippen LogP contribution >= 0.6 is 23.1 Å². The third kappa shape index (κ3) is 6.10. The summed E-state index contributed by atoms with van der Waals surface area (Å²) in [7, 11) is 1.58. The molecule has 0 aliphatic heterocycles.